The maximum atomic E-state index is 12.4. The van der Waals surface area contributed by atoms with E-state index in [1.165, 1.54) is 18.1 Å². The van der Waals surface area contributed by atoms with Gasteiger partial charge in [0, 0.05) is 12.6 Å². The van der Waals surface area contributed by atoms with Gasteiger partial charge in [-0.2, -0.15) is 0 Å². The van der Waals surface area contributed by atoms with E-state index in [9.17, 15) is 9.59 Å². The lowest BCUT2D eigenvalue weighted by Gasteiger charge is -2.19. The number of benzene rings is 2. The van der Waals surface area contributed by atoms with E-state index in [4.69, 9.17) is 0 Å². The fourth-order valence-corrected chi connectivity index (χ4v) is 3.28. The summed E-state index contributed by atoms with van der Waals surface area (Å²) >= 11 is 0. The van der Waals surface area contributed by atoms with Crippen LogP contribution < -0.4 is 16.0 Å². The number of rotatable bonds is 4. The Balaban J connectivity index is 1.61. The van der Waals surface area contributed by atoms with Crippen LogP contribution in [0.2, 0.25) is 0 Å². The summed E-state index contributed by atoms with van der Waals surface area (Å²) in [6, 6.07) is 15.4. The first-order chi connectivity index (χ1) is 12.0. The average Bonchev–Trinajstić information content (AvgIpc) is 2.97. The molecule has 25 heavy (non-hydrogen) atoms. The summed E-state index contributed by atoms with van der Waals surface area (Å²) in [5.74, 6) is -0.115. The van der Waals surface area contributed by atoms with Crippen LogP contribution in [0.3, 0.4) is 0 Å². The molecule has 3 amide bonds. The van der Waals surface area contributed by atoms with Crippen molar-refractivity contribution in [3.05, 3.63) is 65.2 Å². The molecule has 0 bridgehead atoms. The summed E-state index contributed by atoms with van der Waals surface area (Å²) in [5, 5.41) is 8.79. The van der Waals surface area contributed by atoms with E-state index in [1.54, 1.807) is 0 Å². The number of amides is 3. The minimum absolute atomic E-state index is 0.0640. The molecule has 5 heteroatoms. The molecular formula is C20H23N3O2. The van der Waals surface area contributed by atoms with E-state index in [-0.39, 0.29) is 24.0 Å². The summed E-state index contributed by atoms with van der Waals surface area (Å²) in [4.78, 5) is 23.5. The highest BCUT2D eigenvalue weighted by Crippen LogP contribution is 2.30. The number of carbonyl (C=O) groups is 2. The van der Waals surface area contributed by atoms with Crippen molar-refractivity contribution in [3.63, 3.8) is 0 Å². The average molecular weight is 337 g/mol. The number of anilines is 1. The molecule has 0 spiro atoms. The van der Waals surface area contributed by atoms with Crippen molar-refractivity contribution in [1.82, 2.24) is 10.6 Å². The van der Waals surface area contributed by atoms with Crippen LogP contribution in [0.25, 0.3) is 0 Å². The Bertz CT molecular complexity index is 788. The molecule has 0 aliphatic heterocycles. The number of fused-ring (bicyclic) bond motifs is 1. The lowest BCUT2D eigenvalue weighted by molar-refractivity contribution is -0.114. The van der Waals surface area contributed by atoms with E-state index < -0.39 is 0 Å². The maximum Gasteiger partial charge on any atom is 0.315 e. The molecule has 0 saturated heterocycles. The molecular weight excluding hydrogens is 314 g/mol. The molecule has 2 atom stereocenters. The Kier molecular flexibility index (Phi) is 5.03. The van der Waals surface area contributed by atoms with Crippen LogP contribution in [-0.4, -0.2) is 11.9 Å². The van der Waals surface area contributed by atoms with Gasteiger partial charge in [0.05, 0.1) is 12.1 Å². The van der Waals surface area contributed by atoms with Crippen LogP contribution in [0.4, 0.5) is 10.5 Å². The van der Waals surface area contributed by atoms with E-state index in [0.717, 1.165) is 24.1 Å². The summed E-state index contributed by atoms with van der Waals surface area (Å²) < 4.78 is 0. The lowest BCUT2D eigenvalue weighted by Crippen LogP contribution is -2.38. The summed E-state index contributed by atoms with van der Waals surface area (Å²) in [6.45, 7) is 3.40. The first-order valence-corrected chi connectivity index (χ1v) is 8.55. The van der Waals surface area contributed by atoms with Gasteiger partial charge in [0.25, 0.3) is 0 Å². The summed E-state index contributed by atoms with van der Waals surface area (Å²) in [5.41, 5.74) is 4.18. The zero-order chi connectivity index (χ0) is 17.8. The standard InChI is InChI=1S/C20H23N3O2/c1-13(16-7-5-8-17(12-16)22-14(2)24)21-20(25)23-19-11-10-15-6-3-4-9-18(15)19/h3-9,12-13,19H,10-11H2,1-2H3,(H,22,24)(H2,21,23,25)/t13-,19-/m0/s1. The quantitative estimate of drug-likeness (QED) is 0.796. The van der Waals surface area contributed by atoms with Gasteiger partial charge in [-0.25, -0.2) is 4.79 Å². The highest BCUT2D eigenvalue weighted by atomic mass is 16.2. The smallest absolute Gasteiger partial charge is 0.315 e. The van der Waals surface area contributed by atoms with Gasteiger partial charge in [-0.3, -0.25) is 4.79 Å². The van der Waals surface area contributed by atoms with Crippen molar-refractivity contribution < 1.29 is 9.59 Å². The van der Waals surface area contributed by atoms with Gasteiger partial charge < -0.3 is 16.0 Å². The minimum atomic E-state index is -0.181. The van der Waals surface area contributed by atoms with Gasteiger partial charge in [-0.05, 0) is 48.6 Å². The Hall–Kier alpha value is -2.82. The zero-order valence-corrected chi connectivity index (χ0v) is 14.5. The molecule has 1 aliphatic rings. The van der Waals surface area contributed by atoms with Gasteiger partial charge in [-0.15, -0.1) is 0 Å². The summed E-state index contributed by atoms with van der Waals surface area (Å²) in [6.07, 6.45) is 1.93. The molecule has 5 nitrogen and oxygen atoms in total. The number of urea groups is 1. The molecule has 0 aromatic heterocycles. The van der Waals surface area contributed by atoms with Crippen molar-refractivity contribution >= 4 is 17.6 Å². The van der Waals surface area contributed by atoms with Crippen LogP contribution in [0.15, 0.2) is 48.5 Å². The van der Waals surface area contributed by atoms with Gasteiger partial charge in [0.2, 0.25) is 5.91 Å². The normalized spacial score (nSPS) is 16.6. The van der Waals surface area contributed by atoms with Gasteiger partial charge in [0.1, 0.15) is 0 Å². The fraction of sp³-hybridized carbons (Fsp3) is 0.300. The van der Waals surface area contributed by atoms with Gasteiger partial charge >= 0.3 is 6.03 Å². The third-order valence-electron chi connectivity index (χ3n) is 4.49. The molecule has 0 unspecified atom stereocenters. The van der Waals surface area contributed by atoms with Gasteiger partial charge in [0.15, 0.2) is 0 Å². The number of aryl methyl sites for hydroxylation is 1. The summed E-state index contributed by atoms with van der Waals surface area (Å²) in [7, 11) is 0. The van der Waals surface area contributed by atoms with Crippen LogP contribution >= 0.6 is 0 Å². The number of hydrogen-bond acceptors (Lipinski definition) is 2. The van der Waals surface area contributed by atoms with Crippen LogP contribution in [0.1, 0.15) is 49.0 Å². The molecule has 1 aliphatic carbocycles. The second-order valence-corrected chi connectivity index (χ2v) is 6.44. The number of carbonyl (C=O) groups excluding carboxylic acids is 2. The van der Waals surface area contributed by atoms with Crippen LogP contribution in [-0.2, 0) is 11.2 Å². The van der Waals surface area contributed by atoms with Gasteiger partial charge in [-0.1, -0.05) is 36.4 Å². The van der Waals surface area contributed by atoms with Crippen molar-refractivity contribution in [2.75, 3.05) is 5.32 Å². The SMILES string of the molecule is CC(=O)Nc1cccc([C@H](C)NC(=O)N[C@H]2CCc3ccccc32)c1. The molecule has 2 aromatic carbocycles. The third kappa shape index (κ3) is 4.18. The maximum absolute atomic E-state index is 12.4. The lowest BCUT2D eigenvalue weighted by atomic mass is 10.1. The molecule has 0 radical (unpaired) electrons. The van der Waals surface area contributed by atoms with E-state index in [2.05, 4.69) is 28.1 Å². The molecule has 0 saturated carbocycles. The van der Waals surface area contributed by atoms with Crippen molar-refractivity contribution in [3.8, 4) is 0 Å². The molecule has 3 N–H and O–H groups in total. The molecule has 0 heterocycles. The van der Waals surface area contributed by atoms with Crippen molar-refractivity contribution in [2.24, 2.45) is 0 Å². The Morgan fingerprint density at radius 1 is 1.12 bits per heavy atom. The Morgan fingerprint density at radius 2 is 1.92 bits per heavy atom. The Morgan fingerprint density at radius 3 is 2.72 bits per heavy atom. The van der Waals surface area contributed by atoms with E-state index in [0.29, 0.717) is 0 Å². The monoisotopic (exact) mass is 337 g/mol. The predicted molar refractivity (Wildman–Crippen MR) is 98.3 cm³/mol. The topological polar surface area (TPSA) is 70.2 Å². The van der Waals surface area contributed by atoms with E-state index >= 15 is 0 Å². The molecule has 130 valence electrons. The Labute approximate surface area is 147 Å². The second kappa shape index (κ2) is 7.38. The van der Waals surface area contributed by atoms with Crippen LogP contribution in [0.5, 0.6) is 0 Å². The minimum Gasteiger partial charge on any atom is -0.332 e. The van der Waals surface area contributed by atoms with Crippen molar-refractivity contribution in [1.29, 1.82) is 0 Å². The predicted octanol–water partition coefficient (Wildman–Crippen LogP) is 3.69. The first kappa shape index (κ1) is 17.0. The van der Waals surface area contributed by atoms with E-state index in [1.807, 2.05) is 43.3 Å². The highest BCUT2D eigenvalue weighted by Gasteiger charge is 2.23. The second-order valence-electron chi connectivity index (χ2n) is 6.44. The number of nitrogens with one attached hydrogen (secondary N) is 3. The molecule has 3 rings (SSSR count). The largest absolute Gasteiger partial charge is 0.332 e. The fourth-order valence-electron chi connectivity index (χ4n) is 3.28. The third-order valence-corrected chi connectivity index (χ3v) is 4.49. The number of hydrogen-bond donors (Lipinski definition) is 3. The first-order valence-electron chi connectivity index (χ1n) is 8.55. The zero-order valence-electron chi connectivity index (χ0n) is 14.5. The van der Waals surface area contributed by atoms with Crippen molar-refractivity contribution in [2.45, 2.75) is 38.8 Å². The molecule has 0 fully saturated rings. The highest BCUT2D eigenvalue weighted by molar-refractivity contribution is 5.88. The van der Waals surface area contributed by atoms with Crippen LogP contribution in [0, 0.1) is 0 Å². The molecule has 2 aromatic rings.